The molecule has 3 nitrogen and oxygen atoms in total. The van der Waals surface area contributed by atoms with E-state index in [4.69, 9.17) is 9.63 Å². The summed E-state index contributed by atoms with van der Waals surface area (Å²) in [5.41, 5.74) is 0.857. The van der Waals surface area contributed by atoms with Gasteiger partial charge in [-0.25, -0.2) is 0 Å². The van der Waals surface area contributed by atoms with Crippen molar-refractivity contribution in [3.63, 3.8) is 0 Å². The van der Waals surface area contributed by atoms with Gasteiger partial charge in [0.1, 0.15) is 5.76 Å². The molecule has 0 saturated heterocycles. The quantitative estimate of drug-likeness (QED) is 0.665. The van der Waals surface area contributed by atoms with Crippen LogP contribution in [0.3, 0.4) is 0 Å². The number of aryl methyl sites for hydroxylation is 1. The fourth-order valence-corrected chi connectivity index (χ4v) is 0.804. The monoisotopic (exact) mass is 141 g/mol. The van der Waals surface area contributed by atoms with E-state index in [0.717, 1.165) is 11.5 Å². The number of hydrogen-bond donors (Lipinski definition) is 1. The summed E-state index contributed by atoms with van der Waals surface area (Å²) in [7, 11) is 0. The molecule has 0 amide bonds. The average Bonchev–Trinajstić information content (AvgIpc) is 2.13. The number of nitrogens with zero attached hydrogens (tertiary/aromatic N) is 1. The van der Waals surface area contributed by atoms with Crippen LogP contribution in [0.15, 0.2) is 10.6 Å². The Hall–Kier alpha value is -0.830. The molecule has 1 N–H and O–H groups in total. The first-order chi connectivity index (χ1) is 4.68. The zero-order chi connectivity index (χ0) is 7.56. The highest BCUT2D eigenvalue weighted by Crippen LogP contribution is 2.04. The first-order valence-electron chi connectivity index (χ1n) is 3.29. The van der Waals surface area contributed by atoms with E-state index >= 15 is 0 Å². The van der Waals surface area contributed by atoms with E-state index in [2.05, 4.69) is 5.16 Å². The molecule has 0 bridgehead atoms. The number of aliphatic hydroxyl groups excluding tert-OH is 1. The Morgan fingerprint density at radius 2 is 2.50 bits per heavy atom. The van der Waals surface area contributed by atoms with Crippen LogP contribution in [0.25, 0.3) is 0 Å². The highest BCUT2D eigenvalue weighted by atomic mass is 16.5. The first kappa shape index (κ1) is 7.28. The number of aromatic nitrogens is 1. The van der Waals surface area contributed by atoms with Crippen LogP contribution in [-0.2, 0) is 6.42 Å². The van der Waals surface area contributed by atoms with Crippen molar-refractivity contribution in [2.75, 3.05) is 0 Å². The Kier molecular flexibility index (Phi) is 2.06. The van der Waals surface area contributed by atoms with E-state index in [-0.39, 0.29) is 6.10 Å². The van der Waals surface area contributed by atoms with Gasteiger partial charge >= 0.3 is 0 Å². The molecule has 3 heteroatoms. The molecule has 0 aromatic carbocycles. The fraction of sp³-hybridized carbons (Fsp3) is 0.571. The lowest BCUT2D eigenvalue weighted by Crippen LogP contribution is -2.02. The molecule has 10 heavy (non-hydrogen) atoms. The smallest absolute Gasteiger partial charge is 0.139 e. The molecule has 0 aliphatic rings. The van der Waals surface area contributed by atoms with Crippen LogP contribution in [0, 0.1) is 6.92 Å². The molecule has 1 unspecified atom stereocenters. The second-order valence-corrected chi connectivity index (χ2v) is 2.49. The molecule has 0 saturated carbocycles. The number of hydrogen-bond acceptors (Lipinski definition) is 3. The van der Waals surface area contributed by atoms with Gasteiger partial charge in [-0.15, -0.1) is 0 Å². The lowest BCUT2D eigenvalue weighted by Gasteiger charge is -1.96. The Morgan fingerprint density at radius 3 is 2.90 bits per heavy atom. The summed E-state index contributed by atoms with van der Waals surface area (Å²) < 4.78 is 4.87. The van der Waals surface area contributed by atoms with Crippen LogP contribution >= 0.6 is 0 Å². The first-order valence-corrected chi connectivity index (χ1v) is 3.29. The number of rotatable bonds is 2. The third-order valence-corrected chi connectivity index (χ3v) is 1.17. The lowest BCUT2D eigenvalue weighted by molar-refractivity contribution is 0.183. The molecule has 1 rings (SSSR count). The van der Waals surface area contributed by atoms with Gasteiger partial charge in [-0.2, -0.15) is 0 Å². The van der Waals surface area contributed by atoms with Crippen LogP contribution < -0.4 is 0 Å². The van der Waals surface area contributed by atoms with Gasteiger partial charge in [0.15, 0.2) is 0 Å². The highest BCUT2D eigenvalue weighted by molar-refractivity contribution is 5.03. The topological polar surface area (TPSA) is 46.3 Å². The van der Waals surface area contributed by atoms with Gasteiger partial charge in [-0.05, 0) is 13.8 Å². The van der Waals surface area contributed by atoms with Crippen LogP contribution in [0.5, 0.6) is 0 Å². The zero-order valence-electron chi connectivity index (χ0n) is 6.16. The maximum absolute atomic E-state index is 8.93. The van der Waals surface area contributed by atoms with Gasteiger partial charge in [-0.3, -0.25) is 0 Å². The Morgan fingerprint density at radius 1 is 1.80 bits per heavy atom. The third-order valence-electron chi connectivity index (χ3n) is 1.17. The molecular formula is C7H11NO2. The molecular weight excluding hydrogens is 130 g/mol. The van der Waals surface area contributed by atoms with Crippen molar-refractivity contribution in [1.29, 1.82) is 0 Å². The minimum atomic E-state index is -0.354. The lowest BCUT2D eigenvalue weighted by atomic mass is 10.2. The molecule has 1 aromatic rings. The van der Waals surface area contributed by atoms with Crippen LogP contribution in [0.1, 0.15) is 18.4 Å². The standard InChI is InChI=1S/C7H11NO2/c1-5-3-7(10-8-5)4-6(2)9/h3,6,9H,4H2,1-2H3. The molecule has 0 radical (unpaired) electrons. The second kappa shape index (κ2) is 2.84. The maximum atomic E-state index is 8.93. The van der Waals surface area contributed by atoms with E-state index < -0.39 is 0 Å². The highest BCUT2D eigenvalue weighted by Gasteiger charge is 2.03. The predicted molar refractivity (Wildman–Crippen MR) is 36.6 cm³/mol. The molecule has 0 spiro atoms. The fourth-order valence-electron chi connectivity index (χ4n) is 0.804. The summed E-state index contributed by atoms with van der Waals surface area (Å²) in [6.45, 7) is 3.58. The van der Waals surface area contributed by atoms with Crippen molar-refractivity contribution in [2.24, 2.45) is 0 Å². The molecule has 0 fully saturated rings. The molecule has 1 aromatic heterocycles. The summed E-state index contributed by atoms with van der Waals surface area (Å²) in [6.07, 6.45) is 0.188. The molecule has 1 atom stereocenters. The molecule has 0 aliphatic carbocycles. The second-order valence-electron chi connectivity index (χ2n) is 2.49. The summed E-state index contributed by atoms with van der Waals surface area (Å²) >= 11 is 0. The predicted octanol–water partition coefficient (Wildman–Crippen LogP) is 0.906. The van der Waals surface area contributed by atoms with Crippen molar-refractivity contribution >= 4 is 0 Å². The van der Waals surface area contributed by atoms with Crippen molar-refractivity contribution in [3.05, 3.63) is 17.5 Å². The van der Waals surface area contributed by atoms with Gasteiger partial charge in [0, 0.05) is 12.5 Å². The van der Waals surface area contributed by atoms with E-state index in [1.807, 2.05) is 13.0 Å². The van der Waals surface area contributed by atoms with Crippen LogP contribution in [0.2, 0.25) is 0 Å². The van der Waals surface area contributed by atoms with E-state index in [9.17, 15) is 0 Å². The van der Waals surface area contributed by atoms with E-state index in [1.165, 1.54) is 0 Å². The Balaban J connectivity index is 2.58. The van der Waals surface area contributed by atoms with Gasteiger partial charge in [0.05, 0.1) is 11.8 Å². The van der Waals surface area contributed by atoms with Crippen molar-refractivity contribution in [3.8, 4) is 0 Å². The van der Waals surface area contributed by atoms with Gasteiger partial charge < -0.3 is 9.63 Å². The molecule has 1 heterocycles. The third kappa shape index (κ3) is 1.84. The van der Waals surface area contributed by atoms with Crippen LogP contribution in [-0.4, -0.2) is 16.4 Å². The van der Waals surface area contributed by atoms with Gasteiger partial charge in [-0.1, -0.05) is 5.16 Å². The van der Waals surface area contributed by atoms with E-state index in [0.29, 0.717) is 6.42 Å². The van der Waals surface area contributed by atoms with Crippen LogP contribution in [0.4, 0.5) is 0 Å². The SMILES string of the molecule is Cc1cc(CC(C)O)on1. The maximum Gasteiger partial charge on any atom is 0.139 e. The van der Waals surface area contributed by atoms with Crippen molar-refractivity contribution in [1.82, 2.24) is 5.16 Å². The summed E-state index contributed by atoms with van der Waals surface area (Å²) in [5, 5.41) is 12.6. The Bertz CT molecular complexity index is 205. The minimum absolute atomic E-state index is 0.354. The zero-order valence-corrected chi connectivity index (χ0v) is 6.16. The van der Waals surface area contributed by atoms with Gasteiger partial charge in [0.25, 0.3) is 0 Å². The van der Waals surface area contributed by atoms with Crippen molar-refractivity contribution in [2.45, 2.75) is 26.4 Å². The van der Waals surface area contributed by atoms with Crippen molar-refractivity contribution < 1.29 is 9.63 Å². The average molecular weight is 141 g/mol. The normalized spacial score (nSPS) is 13.5. The molecule has 56 valence electrons. The number of aliphatic hydroxyl groups is 1. The minimum Gasteiger partial charge on any atom is -0.393 e. The van der Waals surface area contributed by atoms with E-state index in [1.54, 1.807) is 6.92 Å². The molecule has 0 aliphatic heterocycles. The summed E-state index contributed by atoms with van der Waals surface area (Å²) in [5.74, 6) is 0.743. The largest absolute Gasteiger partial charge is 0.393 e. The summed E-state index contributed by atoms with van der Waals surface area (Å²) in [6, 6.07) is 1.83. The Labute approximate surface area is 59.7 Å². The van der Waals surface area contributed by atoms with Gasteiger partial charge in [0.2, 0.25) is 0 Å². The summed E-state index contributed by atoms with van der Waals surface area (Å²) in [4.78, 5) is 0.